The number of benzene rings is 1. The maximum atomic E-state index is 13.7. The summed E-state index contributed by atoms with van der Waals surface area (Å²) in [4.78, 5) is 0. The first kappa shape index (κ1) is 11.1. The first-order chi connectivity index (χ1) is 7.59. The third-order valence-corrected chi connectivity index (χ3v) is 2.64. The van der Waals surface area contributed by atoms with Crippen molar-refractivity contribution in [3.05, 3.63) is 35.3 Å². The van der Waals surface area contributed by atoms with Gasteiger partial charge in [0.05, 0.1) is 11.6 Å². The zero-order valence-electron chi connectivity index (χ0n) is 9.80. The molecule has 2 rings (SSSR count). The highest BCUT2D eigenvalue weighted by Crippen LogP contribution is 2.26. The molecule has 0 amide bonds. The lowest BCUT2D eigenvalue weighted by Gasteiger charge is -2.06. The minimum atomic E-state index is -0.213. The highest BCUT2D eigenvalue weighted by atomic mass is 19.1. The molecule has 1 heterocycles. The van der Waals surface area contributed by atoms with Crippen molar-refractivity contribution in [2.45, 2.75) is 33.4 Å². The van der Waals surface area contributed by atoms with Crippen LogP contribution in [-0.4, -0.2) is 6.04 Å². The Morgan fingerprint density at radius 3 is 2.81 bits per heavy atom. The van der Waals surface area contributed by atoms with E-state index in [4.69, 9.17) is 4.42 Å². The number of aryl methyl sites for hydroxylation is 1. The van der Waals surface area contributed by atoms with Gasteiger partial charge < -0.3 is 9.73 Å². The number of hydrogen-bond acceptors (Lipinski definition) is 2. The maximum absolute atomic E-state index is 13.7. The molecule has 0 saturated heterocycles. The van der Waals surface area contributed by atoms with Gasteiger partial charge in [-0.15, -0.1) is 0 Å². The van der Waals surface area contributed by atoms with Crippen LogP contribution in [0.4, 0.5) is 4.39 Å². The van der Waals surface area contributed by atoms with Crippen LogP contribution in [0.2, 0.25) is 0 Å². The topological polar surface area (TPSA) is 25.2 Å². The van der Waals surface area contributed by atoms with E-state index in [0.717, 1.165) is 11.1 Å². The zero-order chi connectivity index (χ0) is 11.7. The molecule has 0 radical (unpaired) electrons. The molecule has 2 nitrogen and oxygen atoms in total. The van der Waals surface area contributed by atoms with E-state index in [0.29, 0.717) is 23.6 Å². The van der Waals surface area contributed by atoms with Gasteiger partial charge in [-0.05, 0) is 18.6 Å². The Morgan fingerprint density at radius 1 is 1.38 bits per heavy atom. The molecule has 2 aromatic rings. The molecule has 0 bridgehead atoms. The Balaban J connectivity index is 2.43. The van der Waals surface area contributed by atoms with Gasteiger partial charge in [-0.1, -0.05) is 19.9 Å². The summed E-state index contributed by atoms with van der Waals surface area (Å²) >= 11 is 0. The van der Waals surface area contributed by atoms with E-state index >= 15 is 0 Å². The Bertz CT molecular complexity index is 502. The van der Waals surface area contributed by atoms with Gasteiger partial charge in [0.15, 0.2) is 0 Å². The molecule has 1 aromatic carbocycles. The van der Waals surface area contributed by atoms with E-state index in [1.807, 2.05) is 6.92 Å². The monoisotopic (exact) mass is 221 g/mol. The summed E-state index contributed by atoms with van der Waals surface area (Å²) in [5.74, 6) is -0.213. The van der Waals surface area contributed by atoms with E-state index in [2.05, 4.69) is 19.2 Å². The molecule has 0 spiro atoms. The SMILES string of the molecule is Cc1ccc(F)c2c(CNC(C)C)coc12. The summed E-state index contributed by atoms with van der Waals surface area (Å²) in [7, 11) is 0. The second-order valence-electron chi connectivity index (χ2n) is 4.36. The van der Waals surface area contributed by atoms with E-state index in [-0.39, 0.29) is 5.82 Å². The predicted molar refractivity (Wildman–Crippen MR) is 62.9 cm³/mol. The second-order valence-corrected chi connectivity index (χ2v) is 4.36. The molecule has 3 heteroatoms. The molecule has 0 atom stereocenters. The summed E-state index contributed by atoms with van der Waals surface area (Å²) in [6.07, 6.45) is 1.64. The average molecular weight is 221 g/mol. The largest absolute Gasteiger partial charge is 0.464 e. The highest BCUT2D eigenvalue weighted by molar-refractivity contribution is 5.84. The number of fused-ring (bicyclic) bond motifs is 1. The molecule has 16 heavy (non-hydrogen) atoms. The third kappa shape index (κ3) is 1.95. The van der Waals surface area contributed by atoms with Crippen LogP contribution in [0.1, 0.15) is 25.0 Å². The van der Waals surface area contributed by atoms with E-state index in [1.54, 1.807) is 12.3 Å². The summed E-state index contributed by atoms with van der Waals surface area (Å²) in [6.45, 7) is 6.67. The molecule has 1 aromatic heterocycles. The Hall–Kier alpha value is -1.35. The van der Waals surface area contributed by atoms with Crippen molar-refractivity contribution in [2.75, 3.05) is 0 Å². The lowest BCUT2D eigenvalue weighted by Crippen LogP contribution is -2.21. The zero-order valence-corrected chi connectivity index (χ0v) is 9.80. The Labute approximate surface area is 94.4 Å². The van der Waals surface area contributed by atoms with Crippen LogP contribution in [0, 0.1) is 12.7 Å². The Morgan fingerprint density at radius 2 is 2.12 bits per heavy atom. The quantitative estimate of drug-likeness (QED) is 0.859. The summed E-state index contributed by atoms with van der Waals surface area (Å²) in [6, 6.07) is 3.60. The maximum Gasteiger partial charge on any atom is 0.140 e. The number of nitrogens with one attached hydrogen (secondary N) is 1. The van der Waals surface area contributed by atoms with Crippen molar-refractivity contribution in [3.63, 3.8) is 0 Å². The van der Waals surface area contributed by atoms with Gasteiger partial charge in [0, 0.05) is 18.2 Å². The molecule has 0 saturated carbocycles. The van der Waals surface area contributed by atoms with Crippen LogP contribution in [0.3, 0.4) is 0 Å². The van der Waals surface area contributed by atoms with Crippen molar-refractivity contribution < 1.29 is 8.81 Å². The Kier molecular flexibility index (Phi) is 2.97. The van der Waals surface area contributed by atoms with Crippen LogP contribution in [0.5, 0.6) is 0 Å². The van der Waals surface area contributed by atoms with Gasteiger partial charge in [-0.25, -0.2) is 4.39 Å². The first-order valence-electron chi connectivity index (χ1n) is 5.48. The smallest absolute Gasteiger partial charge is 0.140 e. The molecule has 86 valence electrons. The van der Waals surface area contributed by atoms with Gasteiger partial charge in [0.25, 0.3) is 0 Å². The number of hydrogen-bond donors (Lipinski definition) is 1. The van der Waals surface area contributed by atoms with E-state index < -0.39 is 0 Å². The van der Waals surface area contributed by atoms with Crippen molar-refractivity contribution in [3.8, 4) is 0 Å². The molecule has 0 aliphatic carbocycles. The van der Waals surface area contributed by atoms with Crippen molar-refractivity contribution in [1.82, 2.24) is 5.32 Å². The fourth-order valence-corrected chi connectivity index (χ4v) is 1.75. The average Bonchev–Trinajstić information content (AvgIpc) is 2.65. The van der Waals surface area contributed by atoms with E-state index in [9.17, 15) is 4.39 Å². The van der Waals surface area contributed by atoms with Gasteiger partial charge in [-0.3, -0.25) is 0 Å². The lowest BCUT2D eigenvalue weighted by atomic mass is 10.1. The fourth-order valence-electron chi connectivity index (χ4n) is 1.75. The molecule has 0 aliphatic rings. The van der Waals surface area contributed by atoms with Gasteiger partial charge >= 0.3 is 0 Å². The van der Waals surface area contributed by atoms with E-state index in [1.165, 1.54) is 6.07 Å². The number of furan rings is 1. The fraction of sp³-hybridized carbons (Fsp3) is 0.385. The summed E-state index contributed by atoms with van der Waals surface area (Å²) in [5, 5.41) is 3.86. The second kappa shape index (κ2) is 4.26. The van der Waals surface area contributed by atoms with Crippen molar-refractivity contribution in [1.29, 1.82) is 0 Å². The van der Waals surface area contributed by atoms with Gasteiger partial charge in [0.2, 0.25) is 0 Å². The standard InChI is InChI=1S/C13H16FNO/c1-8(2)15-6-10-7-16-13-9(3)4-5-11(14)12(10)13/h4-5,7-8,15H,6H2,1-3H3. The molecule has 0 fully saturated rings. The van der Waals surface area contributed by atoms with Crippen LogP contribution in [0.25, 0.3) is 11.0 Å². The molecular weight excluding hydrogens is 205 g/mol. The minimum absolute atomic E-state index is 0.213. The molecule has 0 aliphatic heterocycles. The predicted octanol–water partition coefficient (Wildman–Crippen LogP) is 3.38. The van der Waals surface area contributed by atoms with Crippen LogP contribution >= 0.6 is 0 Å². The number of rotatable bonds is 3. The molecule has 1 N–H and O–H groups in total. The first-order valence-corrected chi connectivity index (χ1v) is 5.48. The number of halogens is 1. The molecule has 0 unspecified atom stereocenters. The van der Waals surface area contributed by atoms with Crippen LogP contribution in [-0.2, 0) is 6.54 Å². The van der Waals surface area contributed by atoms with Crippen molar-refractivity contribution >= 4 is 11.0 Å². The lowest BCUT2D eigenvalue weighted by molar-refractivity contribution is 0.571. The normalized spacial score (nSPS) is 11.6. The molecular formula is C13H16FNO. The highest BCUT2D eigenvalue weighted by Gasteiger charge is 2.12. The third-order valence-electron chi connectivity index (χ3n) is 2.64. The van der Waals surface area contributed by atoms with Gasteiger partial charge in [0.1, 0.15) is 11.4 Å². The minimum Gasteiger partial charge on any atom is -0.464 e. The van der Waals surface area contributed by atoms with Crippen LogP contribution in [0.15, 0.2) is 22.8 Å². The summed E-state index contributed by atoms with van der Waals surface area (Å²) < 4.78 is 19.1. The van der Waals surface area contributed by atoms with Gasteiger partial charge in [-0.2, -0.15) is 0 Å². The summed E-state index contributed by atoms with van der Waals surface area (Å²) in [5.41, 5.74) is 2.50. The van der Waals surface area contributed by atoms with Crippen molar-refractivity contribution in [2.24, 2.45) is 0 Å². The van der Waals surface area contributed by atoms with Crippen LogP contribution < -0.4 is 5.32 Å².